The fourth-order valence-electron chi connectivity index (χ4n) is 1.73. The number of halogens is 1. The molecule has 0 radical (unpaired) electrons. The van der Waals surface area contributed by atoms with Crippen LogP contribution in [0.4, 0.5) is 0 Å². The minimum absolute atomic E-state index is 0.765. The maximum Gasteiger partial charge on any atom is 0.124 e. The number of nitrogens with one attached hydrogen (secondary N) is 1. The van der Waals surface area contributed by atoms with Gasteiger partial charge in [-0.05, 0) is 29.9 Å². The highest BCUT2D eigenvalue weighted by molar-refractivity contribution is 9.10. The number of benzene rings is 1. The van der Waals surface area contributed by atoms with Crippen molar-refractivity contribution in [3.05, 3.63) is 40.3 Å². The highest BCUT2D eigenvalue weighted by Gasteiger charge is 2.13. The molecule has 2 aromatic rings. The van der Waals surface area contributed by atoms with Crippen molar-refractivity contribution < 1.29 is 0 Å². The van der Waals surface area contributed by atoms with Gasteiger partial charge >= 0.3 is 0 Å². The second kappa shape index (κ2) is 5.02. The lowest BCUT2D eigenvalue weighted by Gasteiger charge is -2.00. The molecule has 90 valence electrons. The largest absolute Gasteiger partial charge is 0.324 e. The van der Waals surface area contributed by atoms with Crippen LogP contribution in [0.25, 0.3) is 11.3 Å². The van der Waals surface area contributed by atoms with E-state index in [2.05, 4.69) is 62.0 Å². The van der Waals surface area contributed by atoms with Gasteiger partial charge in [-0.1, -0.05) is 29.8 Å². The van der Waals surface area contributed by atoms with Gasteiger partial charge in [-0.25, -0.2) is 4.98 Å². The predicted octanol–water partition coefficient (Wildman–Crippen LogP) is 2.88. The molecule has 0 aliphatic heterocycles. The summed E-state index contributed by atoms with van der Waals surface area (Å²) in [4.78, 5) is 4.65. The molecular formula is C13H16BrN3. The maximum atomic E-state index is 4.65. The molecule has 0 fully saturated rings. The molecule has 0 unspecified atom stereocenters. The van der Waals surface area contributed by atoms with Gasteiger partial charge in [0.2, 0.25) is 0 Å². The zero-order valence-electron chi connectivity index (χ0n) is 10.3. The molecule has 0 aliphatic carbocycles. The molecule has 1 aromatic carbocycles. The monoisotopic (exact) mass is 293 g/mol. The van der Waals surface area contributed by atoms with Crippen molar-refractivity contribution in [2.45, 2.75) is 13.5 Å². The van der Waals surface area contributed by atoms with Crippen LogP contribution in [0.1, 0.15) is 11.4 Å². The zero-order chi connectivity index (χ0) is 12.4. The third kappa shape index (κ3) is 2.42. The van der Waals surface area contributed by atoms with Gasteiger partial charge in [0.1, 0.15) is 16.1 Å². The molecular weight excluding hydrogens is 278 g/mol. The third-order valence-corrected chi connectivity index (χ3v) is 3.69. The molecule has 4 heteroatoms. The van der Waals surface area contributed by atoms with Gasteiger partial charge in [0, 0.05) is 12.6 Å². The van der Waals surface area contributed by atoms with Gasteiger partial charge in [0.15, 0.2) is 0 Å². The van der Waals surface area contributed by atoms with Gasteiger partial charge in [-0.3, -0.25) is 0 Å². The summed E-state index contributed by atoms with van der Waals surface area (Å²) in [5, 5.41) is 3.12. The van der Waals surface area contributed by atoms with E-state index >= 15 is 0 Å². The van der Waals surface area contributed by atoms with E-state index in [-0.39, 0.29) is 0 Å². The highest BCUT2D eigenvalue weighted by Crippen LogP contribution is 2.28. The Hall–Kier alpha value is -1.13. The molecule has 1 heterocycles. The minimum atomic E-state index is 0.765. The van der Waals surface area contributed by atoms with Crippen molar-refractivity contribution in [2.75, 3.05) is 7.05 Å². The minimum Gasteiger partial charge on any atom is -0.324 e. The van der Waals surface area contributed by atoms with E-state index in [1.165, 1.54) is 5.56 Å². The van der Waals surface area contributed by atoms with Gasteiger partial charge in [0.25, 0.3) is 0 Å². The fourth-order valence-corrected chi connectivity index (χ4v) is 2.26. The van der Waals surface area contributed by atoms with Crippen molar-refractivity contribution in [1.82, 2.24) is 14.9 Å². The Morgan fingerprint density at radius 3 is 2.53 bits per heavy atom. The van der Waals surface area contributed by atoms with E-state index in [1.54, 1.807) is 0 Å². The molecule has 0 spiro atoms. The first kappa shape index (κ1) is 12.3. The van der Waals surface area contributed by atoms with E-state index in [9.17, 15) is 0 Å². The SMILES string of the molecule is CNCc1nc(-c2ccc(C)cc2)c(Br)n1C. The van der Waals surface area contributed by atoms with Gasteiger partial charge in [-0.2, -0.15) is 0 Å². The lowest BCUT2D eigenvalue weighted by molar-refractivity contribution is 0.704. The fraction of sp³-hybridized carbons (Fsp3) is 0.308. The van der Waals surface area contributed by atoms with Crippen molar-refractivity contribution in [1.29, 1.82) is 0 Å². The number of imidazole rings is 1. The summed E-state index contributed by atoms with van der Waals surface area (Å²) in [5.74, 6) is 1.02. The molecule has 1 N–H and O–H groups in total. The number of hydrogen-bond acceptors (Lipinski definition) is 2. The molecule has 0 atom stereocenters. The second-order valence-corrected chi connectivity index (χ2v) is 4.87. The molecule has 3 nitrogen and oxygen atoms in total. The average Bonchev–Trinajstić information content (AvgIpc) is 2.59. The van der Waals surface area contributed by atoms with E-state index in [0.717, 1.165) is 28.2 Å². The summed E-state index contributed by atoms with van der Waals surface area (Å²) in [5.41, 5.74) is 3.40. The van der Waals surface area contributed by atoms with Crippen molar-refractivity contribution in [3.8, 4) is 11.3 Å². The molecule has 0 amide bonds. The second-order valence-electron chi connectivity index (χ2n) is 4.12. The molecule has 17 heavy (non-hydrogen) atoms. The van der Waals surface area contributed by atoms with Crippen LogP contribution in [0.3, 0.4) is 0 Å². The molecule has 1 aromatic heterocycles. The Bertz CT molecular complexity index is 514. The quantitative estimate of drug-likeness (QED) is 0.943. The standard InChI is InChI=1S/C13H16BrN3/c1-9-4-6-10(7-5-9)12-13(14)17(3)11(16-12)8-15-2/h4-7,15H,8H2,1-3H3. The van der Waals surface area contributed by atoms with Crippen LogP contribution >= 0.6 is 15.9 Å². The maximum absolute atomic E-state index is 4.65. The Morgan fingerprint density at radius 1 is 1.29 bits per heavy atom. The first-order chi connectivity index (χ1) is 8.13. The summed E-state index contributed by atoms with van der Waals surface area (Å²) in [6.07, 6.45) is 0. The number of aromatic nitrogens is 2. The number of aryl methyl sites for hydroxylation is 1. The Balaban J connectivity index is 2.45. The zero-order valence-corrected chi connectivity index (χ0v) is 11.9. The molecule has 0 bridgehead atoms. The summed E-state index contributed by atoms with van der Waals surface area (Å²) >= 11 is 3.60. The summed E-state index contributed by atoms with van der Waals surface area (Å²) in [6.45, 7) is 2.85. The van der Waals surface area contributed by atoms with Crippen molar-refractivity contribution >= 4 is 15.9 Å². The molecule has 2 rings (SSSR count). The van der Waals surface area contributed by atoms with Crippen molar-refractivity contribution in [2.24, 2.45) is 7.05 Å². The predicted molar refractivity (Wildman–Crippen MR) is 73.8 cm³/mol. The van der Waals surface area contributed by atoms with Crippen LogP contribution in [-0.4, -0.2) is 16.6 Å². The summed E-state index contributed by atoms with van der Waals surface area (Å²) in [6, 6.07) is 8.42. The van der Waals surface area contributed by atoms with Crippen LogP contribution in [0.5, 0.6) is 0 Å². The van der Waals surface area contributed by atoms with Gasteiger partial charge < -0.3 is 9.88 Å². The lowest BCUT2D eigenvalue weighted by atomic mass is 10.1. The van der Waals surface area contributed by atoms with Gasteiger partial charge in [0.05, 0.1) is 6.54 Å². The normalized spacial score (nSPS) is 10.8. The van der Waals surface area contributed by atoms with E-state index in [1.807, 2.05) is 14.1 Å². The lowest BCUT2D eigenvalue weighted by Crippen LogP contribution is -2.10. The third-order valence-electron chi connectivity index (χ3n) is 2.78. The van der Waals surface area contributed by atoms with Crippen LogP contribution in [0.15, 0.2) is 28.9 Å². The van der Waals surface area contributed by atoms with E-state index in [4.69, 9.17) is 0 Å². The number of hydrogen-bond donors (Lipinski definition) is 1. The number of rotatable bonds is 3. The highest BCUT2D eigenvalue weighted by atomic mass is 79.9. The van der Waals surface area contributed by atoms with Crippen LogP contribution in [0, 0.1) is 6.92 Å². The molecule has 0 saturated heterocycles. The average molecular weight is 294 g/mol. The van der Waals surface area contributed by atoms with Crippen LogP contribution in [-0.2, 0) is 13.6 Å². The Kier molecular flexibility index (Phi) is 3.64. The first-order valence-corrected chi connectivity index (χ1v) is 6.35. The summed E-state index contributed by atoms with van der Waals surface area (Å²) < 4.78 is 3.08. The van der Waals surface area contributed by atoms with Crippen LogP contribution in [0.2, 0.25) is 0 Å². The van der Waals surface area contributed by atoms with Crippen molar-refractivity contribution in [3.63, 3.8) is 0 Å². The van der Waals surface area contributed by atoms with Gasteiger partial charge in [-0.15, -0.1) is 0 Å². The topological polar surface area (TPSA) is 29.9 Å². The smallest absolute Gasteiger partial charge is 0.124 e. The first-order valence-electron chi connectivity index (χ1n) is 5.56. The Morgan fingerprint density at radius 2 is 1.94 bits per heavy atom. The Labute approximate surface area is 110 Å². The van der Waals surface area contributed by atoms with E-state index in [0.29, 0.717) is 0 Å². The molecule has 0 saturated carbocycles. The molecule has 0 aliphatic rings. The number of nitrogens with zero attached hydrogens (tertiary/aromatic N) is 2. The van der Waals surface area contributed by atoms with Crippen LogP contribution < -0.4 is 5.32 Å². The summed E-state index contributed by atoms with van der Waals surface area (Å²) in [7, 11) is 3.94. The van der Waals surface area contributed by atoms with E-state index < -0.39 is 0 Å².